The molecule has 9 nitrogen and oxygen atoms in total. The summed E-state index contributed by atoms with van der Waals surface area (Å²) in [4.78, 5) is 16.0. The molecule has 10 heteroatoms. The Morgan fingerprint density at radius 2 is 1.89 bits per heavy atom. The van der Waals surface area contributed by atoms with Gasteiger partial charge < -0.3 is 19.9 Å². The molecule has 2 aromatic carbocycles. The molecule has 2 aliphatic heterocycles. The van der Waals surface area contributed by atoms with Crippen molar-refractivity contribution in [3.8, 4) is 11.3 Å². The number of aliphatic hydroxyl groups is 1. The zero-order chi connectivity index (χ0) is 24.7. The lowest BCUT2D eigenvalue weighted by molar-refractivity contribution is 0.198. The number of benzene rings is 2. The van der Waals surface area contributed by atoms with E-state index >= 15 is 0 Å². The van der Waals surface area contributed by atoms with Crippen LogP contribution in [0.4, 0.5) is 11.5 Å². The topological polar surface area (TPSA) is 106 Å². The van der Waals surface area contributed by atoms with E-state index in [1.807, 2.05) is 35.2 Å². The van der Waals surface area contributed by atoms with Gasteiger partial charge in [0.1, 0.15) is 12.1 Å². The Morgan fingerprint density at radius 1 is 1.00 bits per heavy atom. The fraction of sp³-hybridized carbons (Fsp3) is 0.308. The lowest BCUT2D eigenvalue weighted by Gasteiger charge is -2.35. The van der Waals surface area contributed by atoms with E-state index in [0.29, 0.717) is 31.7 Å². The van der Waals surface area contributed by atoms with E-state index < -0.39 is 10.0 Å². The van der Waals surface area contributed by atoms with Crippen LogP contribution in [0.1, 0.15) is 12.8 Å². The van der Waals surface area contributed by atoms with Crippen molar-refractivity contribution in [3.05, 3.63) is 67.1 Å². The maximum absolute atomic E-state index is 13.8. The summed E-state index contributed by atoms with van der Waals surface area (Å²) in [5, 5.41) is 11.2. The number of rotatable bonds is 5. The highest BCUT2D eigenvalue weighted by Crippen LogP contribution is 2.37. The first kappa shape index (κ1) is 23.0. The van der Waals surface area contributed by atoms with Crippen LogP contribution in [0.25, 0.3) is 22.2 Å². The Hall–Kier alpha value is -3.47. The number of fused-ring (bicyclic) bond motifs is 1. The fourth-order valence-corrected chi connectivity index (χ4v) is 6.58. The van der Waals surface area contributed by atoms with Gasteiger partial charge in [-0.3, -0.25) is 0 Å². The summed E-state index contributed by atoms with van der Waals surface area (Å²) in [7, 11) is -3.75. The number of hydrogen-bond donors (Lipinski definition) is 2. The van der Waals surface area contributed by atoms with Crippen LogP contribution in [-0.2, 0) is 10.0 Å². The SMILES string of the molecule is O=S(=O)(c1ccc(N2CC[C@H](O)C2)c(-c2cc3ccccc3[nH]2)c1)N1CCCN(c2ccncn2)C1. The van der Waals surface area contributed by atoms with Gasteiger partial charge in [0.05, 0.1) is 17.7 Å². The van der Waals surface area contributed by atoms with Crippen molar-refractivity contribution in [2.75, 3.05) is 42.6 Å². The van der Waals surface area contributed by atoms with Gasteiger partial charge in [0.2, 0.25) is 10.0 Å². The molecule has 0 amide bonds. The number of H-pyrrole nitrogens is 1. The molecule has 2 N–H and O–H groups in total. The molecule has 0 radical (unpaired) electrons. The molecule has 4 aromatic rings. The van der Waals surface area contributed by atoms with Crippen molar-refractivity contribution >= 4 is 32.4 Å². The molecule has 2 saturated heterocycles. The van der Waals surface area contributed by atoms with E-state index in [0.717, 1.165) is 40.9 Å². The molecular weight excluding hydrogens is 476 g/mol. The van der Waals surface area contributed by atoms with Crippen molar-refractivity contribution in [2.24, 2.45) is 0 Å². The Bertz CT molecular complexity index is 1460. The van der Waals surface area contributed by atoms with Crippen LogP contribution >= 0.6 is 0 Å². The molecule has 6 rings (SSSR count). The third kappa shape index (κ3) is 4.21. The third-order valence-corrected chi connectivity index (χ3v) is 8.81. The molecule has 0 spiro atoms. The van der Waals surface area contributed by atoms with E-state index in [9.17, 15) is 13.5 Å². The maximum atomic E-state index is 13.8. The molecule has 0 unspecified atom stereocenters. The van der Waals surface area contributed by atoms with Crippen LogP contribution < -0.4 is 9.80 Å². The van der Waals surface area contributed by atoms with Gasteiger partial charge in [0.15, 0.2) is 0 Å². The third-order valence-electron chi connectivity index (χ3n) is 6.98. The summed E-state index contributed by atoms with van der Waals surface area (Å²) in [6.07, 6.45) is 4.16. The second-order valence-corrected chi connectivity index (χ2v) is 11.3. The van der Waals surface area contributed by atoms with Gasteiger partial charge in [0.25, 0.3) is 0 Å². The van der Waals surface area contributed by atoms with Gasteiger partial charge in [-0.15, -0.1) is 0 Å². The number of para-hydroxylation sites is 1. The number of aromatic amines is 1. The number of aromatic nitrogens is 3. The summed E-state index contributed by atoms with van der Waals surface area (Å²) >= 11 is 0. The van der Waals surface area contributed by atoms with E-state index in [2.05, 4.69) is 25.9 Å². The van der Waals surface area contributed by atoms with Crippen molar-refractivity contribution in [1.29, 1.82) is 0 Å². The number of aliphatic hydroxyl groups excluding tert-OH is 1. The predicted molar refractivity (Wildman–Crippen MR) is 139 cm³/mol. The van der Waals surface area contributed by atoms with Gasteiger partial charge in [-0.25, -0.2) is 18.4 Å². The average Bonchev–Trinajstić information content (AvgIpc) is 3.55. The van der Waals surface area contributed by atoms with Crippen molar-refractivity contribution in [1.82, 2.24) is 19.3 Å². The van der Waals surface area contributed by atoms with Crippen LogP contribution in [0.15, 0.2) is 72.0 Å². The Morgan fingerprint density at radius 3 is 2.67 bits per heavy atom. The Kier molecular flexibility index (Phi) is 5.87. The van der Waals surface area contributed by atoms with Crippen LogP contribution in [0.2, 0.25) is 0 Å². The average molecular weight is 505 g/mol. The van der Waals surface area contributed by atoms with Crippen LogP contribution in [0.5, 0.6) is 0 Å². The van der Waals surface area contributed by atoms with Crippen LogP contribution in [0.3, 0.4) is 0 Å². The molecule has 4 heterocycles. The van der Waals surface area contributed by atoms with Gasteiger partial charge >= 0.3 is 0 Å². The lowest BCUT2D eigenvalue weighted by Crippen LogP contribution is -2.47. The van der Waals surface area contributed by atoms with Crippen LogP contribution in [-0.4, -0.2) is 71.7 Å². The Balaban J connectivity index is 1.39. The monoisotopic (exact) mass is 504 g/mol. The van der Waals surface area contributed by atoms with E-state index in [-0.39, 0.29) is 17.7 Å². The minimum atomic E-state index is -3.75. The number of nitrogens with one attached hydrogen (secondary N) is 1. The number of β-amino-alcohol motifs (C(OH)–C–C–N with tert-alkyl or cyclic N) is 1. The molecular formula is C26H28N6O3S. The zero-order valence-electron chi connectivity index (χ0n) is 19.8. The number of nitrogens with zero attached hydrogens (tertiary/aromatic N) is 5. The van der Waals surface area contributed by atoms with E-state index in [1.165, 1.54) is 10.6 Å². The summed E-state index contributed by atoms with van der Waals surface area (Å²) in [5.74, 6) is 0.714. The summed E-state index contributed by atoms with van der Waals surface area (Å²) in [5.41, 5.74) is 3.57. The normalized spacial score (nSPS) is 19.3. The summed E-state index contributed by atoms with van der Waals surface area (Å²) < 4.78 is 29.1. The van der Waals surface area contributed by atoms with E-state index in [1.54, 1.807) is 24.4 Å². The molecule has 0 saturated carbocycles. The largest absolute Gasteiger partial charge is 0.391 e. The smallest absolute Gasteiger partial charge is 0.244 e. The second-order valence-electron chi connectivity index (χ2n) is 9.34. The summed E-state index contributed by atoms with van der Waals surface area (Å²) in [6, 6.07) is 17.2. The second kappa shape index (κ2) is 9.20. The Labute approximate surface area is 210 Å². The molecule has 2 aliphatic rings. The van der Waals surface area contributed by atoms with E-state index in [4.69, 9.17) is 0 Å². The van der Waals surface area contributed by atoms with Gasteiger partial charge in [0, 0.05) is 60.2 Å². The quantitative estimate of drug-likeness (QED) is 0.430. The van der Waals surface area contributed by atoms with Crippen molar-refractivity contribution in [2.45, 2.75) is 23.8 Å². The summed E-state index contributed by atoms with van der Waals surface area (Å²) in [6.45, 7) is 2.67. The lowest BCUT2D eigenvalue weighted by atomic mass is 10.1. The molecule has 0 aliphatic carbocycles. The van der Waals surface area contributed by atoms with Crippen molar-refractivity contribution in [3.63, 3.8) is 0 Å². The van der Waals surface area contributed by atoms with Gasteiger partial charge in [-0.1, -0.05) is 18.2 Å². The molecule has 1 atom stereocenters. The number of anilines is 2. The van der Waals surface area contributed by atoms with Crippen molar-refractivity contribution < 1.29 is 13.5 Å². The highest BCUT2D eigenvalue weighted by molar-refractivity contribution is 7.89. The molecule has 2 fully saturated rings. The molecule has 36 heavy (non-hydrogen) atoms. The number of sulfonamides is 1. The minimum absolute atomic E-state index is 0.237. The zero-order valence-corrected chi connectivity index (χ0v) is 20.6. The first-order valence-corrected chi connectivity index (χ1v) is 13.6. The highest BCUT2D eigenvalue weighted by Gasteiger charge is 2.31. The first-order valence-electron chi connectivity index (χ1n) is 12.2. The van der Waals surface area contributed by atoms with Crippen LogP contribution in [0, 0.1) is 0 Å². The standard InChI is InChI=1S/C26H28N6O3S/c33-20-9-13-30(16-20)25-7-6-21(15-22(25)24-14-19-4-1-2-5-23(19)29-24)36(34,35)32-12-3-11-31(18-32)26-8-10-27-17-28-26/h1-2,4-8,10,14-15,17,20,29,33H,3,9,11-13,16,18H2/t20-/m0/s1. The highest BCUT2D eigenvalue weighted by atomic mass is 32.2. The number of hydrogen-bond acceptors (Lipinski definition) is 7. The molecule has 0 bridgehead atoms. The minimum Gasteiger partial charge on any atom is -0.391 e. The molecule has 2 aromatic heterocycles. The fourth-order valence-electron chi connectivity index (χ4n) is 5.12. The van der Waals surface area contributed by atoms with Gasteiger partial charge in [-0.2, -0.15) is 4.31 Å². The van der Waals surface area contributed by atoms with Gasteiger partial charge in [-0.05, 0) is 49.2 Å². The predicted octanol–water partition coefficient (Wildman–Crippen LogP) is 3.05. The maximum Gasteiger partial charge on any atom is 0.244 e. The first-order chi connectivity index (χ1) is 17.5. The molecule has 186 valence electrons.